The molecular formula is C27H24ClN5O3S. The van der Waals surface area contributed by atoms with Gasteiger partial charge in [0.15, 0.2) is 0 Å². The molecule has 5 rings (SSSR count). The number of hydrogen-bond acceptors (Lipinski definition) is 5. The van der Waals surface area contributed by atoms with Crippen molar-refractivity contribution < 1.29 is 8.42 Å². The van der Waals surface area contributed by atoms with Crippen molar-refractivity contribution in [2.45, 2.75) is 18.0 Å². The zero-order chi connectivity index (χ0) is 26.0. The predicted octanol–water partition coefficient (Wildman–Crippen LogP) is 4.67. The highest BCUT2D eigenvalue weighted by molar-refractivity contribution is 7.89. The van der Waals surface area contributed by atoms with Crippen molar-refractivity contribution in [3.63, 3.8) is 0 Å². The molecule has 3 aromatic carbocycles. The summed E-state index contributed by atoms with van der Waals surface area (Å²) in [4.78, 5) is 14.0. The average Bonchev–Trinajstić information content (AvgIpc) is 3.31. The van der Waals surface area contributed by atoms with E-state index in [1.54, 1.807) is 53.2 Å². The molecule has 0 amide bonds. The van der Waals surface area contributed by atoms with Crippen LogP contribution in [0.5, 0.6) is 0 Å². The van der Waals surface area contributed by atoms with Crippen LogP contribution in [0.1, 0.15) is 11.3 Å². The fraction of sp³-hybridized carbons (Fsp3) is 0.111. The molecule has 0 aliphatic rings. The third-order valence-corrected chi connectivity index (χ3v) is 7.76. The van der Waals surface area contributed by atoms with E-state index in [0.29, 0.717) is 22.9 Å². The van der Waals surface area contributed by atoms with Gasteiger partial charge in [0, 0.05) is 41.1 Å². The summed E-state index contributed by atoms with van der Waals surface area (Å²) >= 11 is 6.08. The van der Waals surface area contributed by atoms with Crippen LogP contribution >= 0.6 is 11.6 Å². The Morgan fingerprint density at radius 2 is 1.78 bits per heavy atom. The lowest BCUT2D eigenvalue weighted by Gasteiger charge is -2.21. The van der Waals surface area contributed by atoms with Crippen molar-refractivity contribution in [3.05, 3.63) is 118 Å². The van der Waals surface area contributed by atoms with E-state index in [2.05, 4.69) is 14.9 Å². The molecule has 2 aromatic heterocycles. The van der Waals surface area contributed by atoms with Crippen molar-refractivity contribution in [2.24, 2.45) is 0 Å². The van der Waals surface area contributed by atoms with Gasteiger partial charge in [-0.2, -0.15) is 5.10 Å². The topological polar surface area (TPSA) is 100 Å². The Bertz CT molecular complexity index is 1730. The van der Waals surface area contributed by atoms with Crippen LogP contribution in [0.3, 0.4) is 0 Å². The van der Waals surface area contributed by atoms with Gasteiger partial charge in [0.25, 0.3) is 5.56 Å². The number of halogens is 1. The molecule has 0 saturated heterocycles. The molecule has 5 aromatic rings. The highest BCUT2D eigenvalue weighted by Crippen LogP contribution is 2.27. The number of fused-ring (bicyclic) bond motifs is 1. The second kappa shape index (κ2) is 10.2. The summed E-state index contributed by atoms with van der Waals surface area (Å²) in [5, 5.41) is 8.43. The first-order chi connectivity index (χ1) is 17.8. The SMILES string of the molecule is CN(c1ccc(Cn2ccccc2=O)cc1)c1cccc(S(=O)(=O)NCc2n[nH]c3ccc(Cl)cc23)c1. The number of anilines is 2. The zero-order valence-corrected chi connectivity index (χ0v) is 21.5. The number of aromatic amines is 1. The number of sulfonamides is 1. The van der Waals surface area contributed by atoms with Gasteiger partial charge in [0.05, 0.1) is 29.2 Å². The normalized spacial score (nSPS) is 11.6. The number of pyridine rings is 1. The van der Waals surface area contributed by atoms with Gasteiger partial charge in [-0.3, -0.25) is 9.89 Å². The molecule has 37 heavy (non-hydrogen) atoms. The van der Waals surface area contributed by atoms with Crippen LogP contribution in [0.15, 0.2) is 101 Å². The fourth-order valence-corrected chi connectivity index (χ4v) is 5.24. The lowest BCUT2D eigenvalue weighted by molar-refractivity contribution is 0.580. The molecule has 2 heterocycles. The van der Waals surface area contributed by atoms with Gasteiger partial charge >= 0.3 is 0 Å². The van der Waals surface area contributed by atoms with E-state index in [0.717, 1.165) is 22.2 Å². The fourth-order valence-electron chi connectivity index (χ4n) is 4.04. The summed E-state index contributed by atoms with van der Waals surface area (Å²) < 4.78 is 30.4. The monoisotopic (exact) mass is 533 g/mol. The lowest BCUT2D eigenvalue weighted by atomic mass is 10.2. The molecule has 0 atom stereocenters. The summed E-state index contributed by atoms with van der Waals surface area (Å²) in [5.41, 5.74) is 3.87. The Morgan fingerprint density at radius 1 is 0.973 bits per heavy atom. The van der Waals surface area contributed by atoms with Crippen LogP contribution in [0.25, 0.3) is 10.9 Å². The summed E-state index contributed by atoms with van der Waals surface area (Å²) in [5.74, 6) is 0. The minimum atomic E-state index is -3.79. The molecule has 0 bridgehead atoms. The third-order valence-electron chi connectivity index (χ3n) is 6.12. The predicted molar refractivity (Wildman–Crippen MR) is 146 cm³/mol. The molecular weight excluding hydrogens is 510 g/mol. The number of rotatable bonds is 8. The number of nitrogens with zero attached hydrogens (tertiary/aromatic N) is 3. The number of aromatic nitrogens is 3. The summed E-state index contributed by atoms with van der Waals surface area (Å²) in [6.07, 6.45) is 1.76. The standard InChI is InChI=1S/C27H24ClN5O3S/c1-32(21-11-8-19(9-12-21)18-33-14-3-2-7-27(33)34)22-5-4-6-23(16-22)37(35,36)29-17-26-24-15-20(28)10-13-25(24)30-31-26/h2-16,29H,17-18H2,1H3,(H,30,31). The number of H-pyrrole nitrogens is 1. The Hall–Kier alpha value is -3.92. The molecule has 2 N–H and O–H groups in total. The Morgan fingerprint density at radius 3 is 2.57 bits per heavy atom. The van der Waals surface area contributed by atoms with Gasteiger partial charge in [-0.1, -0.05) is 35.9 Å². The summed E-state index contributed by atoms with van der Waals surface area (Å²) in [6, 6.07) is 24.9. The van der Waals surface area contributed by atoms with Crippen molar-refractivity contribution >= 4 is 43.9 Å². The molecule has 0 unspecified atom stereocenters. The van der Waals surface area contributed by atoms with Gasteiger partial charge in [0.2, 0.25) is 10.0 Å². The van der Waals surface area contributed by atoms with E-state index in [1.165, 1.54) is 6.07 Å². The van der Waals surface area contributed by atoms with Gasteiger partial charge < -0.3 is 9.47 Å². The molecule has 0 aliphatic heterocycles. The van der Waals surface area contributed by atoms with E-state index in [4.69, 9.17) is 11.6 Å². The highest BCUT2D eigenvalue weighted by Gasteiger charge is 2.17. The molecule has 0 spiro atoms. The first-order valence-corrected chi connectivity index (χ1v) is 13.4. The molecule has 10 heteroatoms. The van der Waals surface area contributed by atoms with Crippen LogP contribution in [-0.2, 0) is 23.1 Å². The number of benzene rings is 3. The molecule has 188 valence electrons. The van der Waals surface area contributed by atoms with Crippen molar-refractivity contribution in [1.29, 1.82) is 0 Å². The van der Waals surface area contributed by atoms with Gasteiger partial charge in [0.1, 0.15) is 0 Å². The smallest absolute Gasteiger partial charge is 0.250 e. The third kappa shape index (κ3) is 5.43. The van der Waals surface area contributed by atoms with Crippen molar-refractivity contribution in [2.75, 3.05) is 11.9 Å². The first kappa shape index (κ1) is 24.8. The van der Waals surface area contributed by atoms with Crippen LogP contribution < -0.4 is 15.2 Å². The van der Waals surface area contributed by atoms with E-state index >= 15 is 0 Å². The highest BCUT2D eigenvalue weighted by atomic mass is 35.5. The lowest BCUT2D eigenvalue weighted by Crippen LogP contribution is -2.24. The maximum atomic E-state index is 13.1. The van der Waals surface area contributed by atoms with Crippen molar-refractivity contribution in [1.82, 2.24) is 19.5 Å². The van der Waals surface area contributed by atoms with Crippen LogP contribution in [-0.4, -0.2) is 30.2 Å². The Labute approximate surface area is 219 Å². The van der Waals surface area contributed by atoms with E-state index in [9.17, 15) is 13.2 Å². The molecule has 0 aliphatic carbocycles. The maximum Gasteiger partial charge on any atom is 0.250 e. The Kier molecular flexibility index (Phi) is 6.84. The van der Waals surface area contributed by atoms with Gasteiger partial charge in [-0.05, 0) is 60.2 Å². The molecule has 0 saturated carbocycles. The second-order valence-corrected chi connectivity index (χ2v) is 10.8. The average molecular weight is 534 g/mol. The summed E-state index contributed by atoms with van der Waals surface area (Å²) in [6.45, 7) is 0.495. The van der Waals surface area contributed by atoms with E-state index in [1.807, 2.05) is 48.3 Å². The van der Waals surface area contributed by atoms with Crippen LogP contribution in [0.2, 0.25) is 5.02 Å². The quantitative estimate of drug-likeness (QED) is 0.302. The Balaban J connectivity index is 1.31. The van der Waals surface area contributed by atoms with Crippen molar-refractivity contribution in [3.8, 4) is 0 Å². The zero-order valence-electron chi connectivity index (χ0n) is 19.9. The van der Waals surface area contributed by atoms with Crippen LogP contribution in [0.4, 0.5) is 11.4 Å². The molecule has 0 fully saturated rings. The van der Waals surface area contributed by atoms with Crippen LogP contribution in [0, 0.1) is 0 Å². The largest absolute Gasteiger partial charge is 0.345 e. The number of nitrogens with one attached hydrogen (secondary N) is 2. The van der Waals surface area contributed by atoms with Gasteiger partial charge in [-0.25, -0.2) is 13.1 Å². The van der Waals surface area contributed by atoms with E-state index in [-0.39, 0.29) is 17.0 Å². The molecule has 0 radical (unpaired) electrons. The first-order valence-electron chi connectivity index (χ1n) is 11.5. The minimum Gasteiger partial charge on any atom is -0.345 e. The van der Waals surface area contributed by atoms with E-state index < -0.39 is 10.0 Å². The minimum absolute atomic E-state index is 0.0225. The maximum absolute atomic E-state index is 13.1. The molecule has 8 nitrogen and oxygen atoms in total. The second-order valence-electron chi connectivity index (χ2n) is 8.57. The number of hydrogen-bond donors (Lipinski definition) is 2. The summed E-state index contributed by atoms with van der Waals surface area (Å²) in [7, 11) is -1.92. The van der Waals surface area contributed by atoms with Gasteiger partial charge in [-0.15, -0.1) is 0 Å².